The molecule has 0 fully saturated rings. The third-order valence-corrected chi connectivity index (χ3v) is 2.99. The zero-order chi connectivity index (χ0) is 13.8. The van der Waals surface area contributed by atoms with Gasteiger partial charge in [0.05, 0.1) is 0 Å². The molecule has 0 radical (unpaired) electrons. The summed E-state index contributed by atoms with van der Waals surface area (Å²) in [5.74, 6) is 1.83. The number of para-hydroxylation sites is 1. The minimum absolute atomic E-state index is 0.422. The second-order valence-corrected chi connectivity index (χ2v) is 4.49. The molecule has 0 saturated heterocycles. The summed E-state index contributed by atoms with van der Waals surface area (Å²) in [6, 6.07) is 7.78. The topological polar surface area (TPSA) is 35.0 Å². The lowest BCUT2D eigenvalue weighted by Crippen LogP contribution is -1.98. The van der Waals surface area contributed by atoms with Gasteiger partial charge in [0.15, 0.2) is 0 Å². The Kier molecular flexibility index (Phi) is 4.17. The quantitative estimate of drug-likeness (QED) is 0.769. The van der Waals surface area contributed by atoms with Gasteiger partial charge >= 0.3 is 0 Å². The molecule has 98 valence electrons. The third kappa shape index (κ3) is 3.12. The predicted octanol–water partition coefficient (Wildman–Crippen LogP) is 4.57. The fourth-order valence-corrected chi connectivity index (χ4v) is 1.87. The van der Waals surface area contributed by atoms with Crippen molar-refractivity contribution in [1.82, 2.24) is 9.97 Å². The molecule has 1 heterocycles. The lowest BCUT2D eigenvalue weighted by molar-refractivity contribution is 0.454. The Labute approximate surface area is 117 Å². The fraction of sp³-hybridized carbons (Fsp3) is 0.200. The van der Waals surface area contributed by atoms with Crippen LogP contribution in [0.15, 0.2) is 30.3 Å². The Morgan fingerprint density at radius 2 is 1.89 bits per heavy atom. The SMILES string of the molecule is CC=Cc1ccccc1Oc1nc(C)nc(Cl)c1C. The van der Waals surface area contributed by atoms with E-state index >= 15 is 0 Å². The average molecular weight is 275 g/mol. The van der Waals surface area contributed by atoms with Crippen LogP contribution in [-0.4, -0.2) is 9.97 Å². The minimum Gasteiger partial charge on any atom is -0.438 e. The molecule has 19 heavy (non-hydrogen) atoms. The van der Waals surface area contributed by atoms with Crippen molar-refractivity contribution in [3.63, 3.8) is 0 Å². The third-order valence-electron chi connectivity index (χ3n) is 2.63. The Hall–Kier alpha value is -1.87. The molecule has 2 rings (SSSR count). The van der Waals surface area contributed by atoms with Crippen molar-refractivity contribution in [3.8, 4) is 11.6 Å². The Balaban J connectivity index is 2.42. The van der Waals surface area contributed by atoms with Crippen molar-refractivity contribution in [2.24, 2.45) is 0 Å². The maximum Gasteiger partial charge on any atom is 0.227 e. The number of halogens is 1. The highest BCUT2D eigenvalue weighted by Gasteiger charge is 2.10. The number of nitrogens with zero attached hydrogens (tertiary/aromatic N) is 2. The van der Waals surface area contributed by atoms with Crippen LogP contribution in [0.1, 0.15) is 23.9 Å². The number of hydrogen-bond acceptors (Lipinski definition) is 3. The number of benzene rings is 1. The lowest BCUT2D eigenvalue weighted by Gasteiger charge is -2.11. The van der Waals surface area contributed by atoms with Crippen molar-refractivity contribution < 1.29 is 4.74 Å². The smallest absolute Gasteiger partial charge is 0.227 e. The molecule has 0 atom stereocenters. The zero-order valence-electron chi connectivity index (χ0n) is 11.1. The van der Waals surface area contributed by atoms with Crippen molar-refractivity contribution in [3.05, 3.63) is 52.4 Å². The number of ether oxygens (including phenoxy) is 1. The van der Waals surface area contributed by atoms with Gasteiger partial charge in [0.25, 0.3) is 0 Å². The predicted molar refractivity (Wildman–Crippen MR) is 77.7 cm³/mol. The molecule has 0 aliphatic heterocycles. The van der Waals surface area contributed by atoms with E-state index in [2.05, 4.69) is 9.97 Å². The molecule has 0 aliphatic rings. The molecule has 0 bridgehead atoms. The summed E-state index contributed by atoms with van der Waals surface area (Å²) in [6.45, 7) is 5.60. The molecule has 4 heteroatoms. The van der Waals surface area contributed by atoms with Gasteiger partial charge in [-0.1, -0.05) is 42.0 Å². The monoisotopic (exact) mass is 274 g/mol. The van der Waals surface area contributed by atoms with E-state index in [9.17, 15) is 0 Å². The first-order valence-electron chi connectivity index (χ1n) is 6.02. The summed E-state index contributed by atoms with van der Waals surface area (Å²) in [6.07, 6.45) is 3.95. The molecule has 1 aromatic heterocycles. The second-order valence-electron chi connectivity index (χ2n) is 4.13. The largest absolute Gasteiger partial charge is 0.438 e. The van der Waals surface area contributed by atoms with E-state index in [0.717, 1.165) is 16.9 Å². The van der Waals surface area contributed by atoms with Crippen LogP contribution >= 0.6 is 11.6 Å². The highest BCUT2D eigenvalue weighted by Crippen LogP contribution is 2.29. The van der Waals surface area contributed by atoms with Gasteiger partial charge in [-0.2, -0.15) is 4.98 Å². The van der Waals surface area contributed by atoms with Gasteiger partial charge in [-0.05, 0) is 26.8 Å². The average Bonchev–Trinajstić information content (AvgIpc) is 2.38. The molecule has 3 nitrogen and oxygen atoms in total. The van der Waals surface area contributed by atoms with Crippen LogP contribution in [0.4, 0.5) is 0 Å². The highest BCUT2D eigenvalue weighted by molar-refractivity contribution is 6.30. The number of aromatic nitrogens is 2. The molecule has 1 aromatic carbocycles. The van der Waals surface area contributed by atoms with Crippen LogP contribution in [0, 0.1) is 13.8 Å². The van der Waals surface area contributed by atoms with Crippen LogP contribution in [0.2, 0.25) is 5.15 Å². The number of rotatable bonds is 3. The molecule has 0 spiro atoms. The first-order chi connectivity index (χ1) is 9.11. The van der Waals surface area contributed by atoms with Crippen LogP contribution in [0.3, 0.4) is 0 Å². The summed E-state index contributed by atoms with van der Waals surface area (Å²) < 4.78 is 5.87. The molecular weight excluding hydrogens is 260 g/mol. The standard InChI is InChI=1S/C15H15ClN2O/c1-4-7-12-8-5-6-9-13(12)19-15-10(2)14(16)17-11(3)18-15/h4-9H,1-3H3. The Morgan fingerprint density at radius 1 is 1.16 bits per heavy atom. The maximum atomic E-state index is 6.04. The lowest BCUT2D eigenvalue weighted by atomic mass is 10.2. The molecule has 0 saturated carbocycles. The van der Waals surface area contributed by atoms with Gasteiger partial charge in [-0.3, -0.25) is 0 Å². The van der Waals surface area contributed by atoms with E-state index in [1.807, 2.05) is 50.3 Å². The minimum atomic E-state index is 0.422. The first kappa shape index (κ1) is 13.6. The molecule has 0 aliphatic carbocycles. The molecule has 2 aromatic rings. The molecule has 0 unspecified atom stereocenters. The van der Waals surface area contributed by atoms with E-state index in [-0.39, 0.29) is 0 Å². The summed E-state index contributed by atoms with van der Waals surface area (Å²) in [7, 11) is 0. The van der Waals surface area contributed by atoms with Crippen molar-refractivity contribution in [2.45, 2.75) is 20.8 Å². The Bertz CT molecular complexity index is 624. The zero-order valence-corrected chi connectivity index (χ0v) is 11.9. The van der Waals surface area contributed by atoms with Crippen molar-refractivity contribution in [1.29, 1.82) is 0 Å². The van der Waals surface area contributed by atoms with Gasteiger partial charge in [-0.15, -0.1) is 0 Å². The van der Waals surface area contributed by atoms with Crippen LogP contribution in [0.5, 0.6) is 11.6 Å². The van der Waals surface area contributed by atoms with Gasteiger partial charge < -0.3 is 4.74 Å². The summed E-state index contributed by atoms with van der Waals surface area (Å²) >= 11 is 6.04. The molecule has 0 N–H and O–H groups in total. The van der Waals surface area contributed by atoms with E-state index in [4.69, 9.17) is 16.3 Å². The maximum absolute atomic E-state index is 6.04. The van der Waals surface area contributed by atoms with E-state index in [0.29, 0.717) is 16.9 Å². The first-order valence-corrected chi connectivity index (χ1v) is 6.40. The second kappa shape index (κ2) is 5.85. The van der Waals surface area contributed by atoms with Crippen molar-refractivity contribution in [2.75, 3.05) is 0 Å². The van der Waals surface area contributed by atoms with Gasteiger partial charge in [0.2, 0.25) is 5.88 Å². The fourth-order valence-electron chi connectivity index (χ4n) is 1.66. The van der Waals surface area contributed by atoms with Crippen LogP contribution in [-0.2, 0) is 0 Å². The number of allylic oxidation sites excluding steroid dienone is 1. The number of aryl methyl sites for hydroxylation is 1. The van der Waals surface area contributed by atoms with Crippen LogP contribution in [0.25, 0.3) is 6.08 Å². The summed E-state index contributed by atoms with van der Waals surface area (Å²) in [4.78, 5) is 8.38. The highest BCUT2D eigenvalue weighted by atomic mass is 35.5. The summed E-state index contributed by atoms with van der Waals surface area (Å²) in [5.41, 5.74) is 1.74. The Morgan fingerprint density at radius 3 is 2.63 bits per heavy atom. The van der Waals surface area contributed by atoms with E-state index in [1.165, 1.54) is 0 Å². The van der Waals surface area contributed by atoms with E-state index in [1.54, 1.807) is 6.92 Å². The van der Waals surface area contributed by atoms with Gasteiger partial charge in [-0.25, -0.2) is 4.98 Å². The van der Waals surface area contributed by atoms with Crippen molar-refractivity contribution >= 4 is 17.7 Å². The normalized spacial score (nSPS) is 10.9. The van der Waals surface area contributed by atoms with E-state index < -0.39 is 0 Å². The molecule has 0 amide bonds. The van der Waals surface area contributed by atoms with Gasteiger partial charge in [0.1, 0.15) is 16.7 Å². The van der Waals surface area contributed by atoms with Gasteiger partial charge in [0, 0.05) is 11.1 Å². The van der Waals surface area contributed by atoms with Crippen LogP contribution < -0.4 is 4.74 Å². The number of hydrogen-bond donors (Lipinski definition) is 0. The summed E-state index contributed by atoms with van der Waals surface area (Å²) in [5, 5.41) is 0.422. The molecular formula is C15H15ClN2O.